The number of unbranched alkanes of at least 4 members (excludes halogenated alkanes) is 1. The molecule has 0 aliphatic carbocycles. The minimum atomic E-state index is -1.21. The summed E-state index contributed by atoms with van der Waals surface area (Å²) in [6.07, 6.45) is -0.0736. The first-order valence-electron chi connectivity index (χ1n) is 6.12. The van der Waals surface area contributed by atoms with Crippen LogP contribution in [0.25, 0.3) is 0 Å². The van der Waals surface area contributed by atoms with Crippen LogP contribution in [0, 0.1) is 0 Å². The summed E-state index contributed by atoms with van der Waals surface area (Å²) in [6, 6.07) is 0. The predicted molar refractivity (Wildman–Crippen MR) is 61.6 cm³/mol. The van der Waals surface area contributed by atoms with Gasteiger partial charge in [0.1, 0.15) is 12.6 Å². The van der Waals surface area contributed by atoms with E-state index in [9.17, 15) is 18.8 Å². The summed E-state index contributed by atoms with van der Waals surface area (Å²) in [5, 5.41) is 0. The number of hydrogen-bond acceptors (Lipinski definition) is 4. The van der Waals surface area contributed by atoms with Crippen molar-refractivity contribution in [3.8, 4) is 0 Å². The molecule has 18 heavy (non-hydrogen) atoms. The van der Waals surface area contributed by atoms with Crippen LogP contribution in [0.5, 0.6) is 0 Å². The van der Waals surface area contributed by atoms with Gasteiger partial charge in [-0.05, 0) is 6.42 Å². The van der Waals surface area contributed by atoms with Gasteiger partial charge >= 0.3 is 5.97 Å². The van der Waals surface area contributed by atoms with E-state index in [0.717, 1.165) is 17.7 Å². The van der Waals surface area contributed by atoms with E-state index in [2.05, 4.69) is 0 Å². The second-order valence-corrected chi connectivity index (χ2v) is 4.37. The Morgan fingerprint density at radius 1 is 1.50 bits per heavy atom. The topological polar surface area (TPSA) is 63.7 Å². The lowest BCUT2D eigenvalue weighted by Crippen LogP contribution is -2.32. The standard InChI is InChI=1S/C12H18FNO4/c1-2-3-4-18-12(17)6-10(15)8-14-7-9(13)5-11(14)16/h9H,2-8H2,1H3. The zero-order chi connectivity index (χ0) is 13.5. The third kappa shape index (κ3) is 4.81. The molecule has 0 bridgehead atoms. The monoisotopic (exact) mass is 259 g/mol. The summed E-state index contributed by atoms with van der Waals surface area (Å²) >= 11 is 0. The molecule has 0 aromatic carbocycles. The number of esters is 1. The molecule has 0 aromatic rings. The van der Waals surface area contributed by atoms with Gasteiger partial charge in [0.05, 0.1) is 26.1 Å². The van der Waals surface area contributed by atoms with Crippen LogP contribution >= 0.6 is 0 Å². The van der Waals surface area contributed by atoms with Crippen molar-refractivity contribution in [1.29, 1.82) is 0 Å². The van der Waals surface area contributed by atoms with E-state index >= 15 is 0 Å². The number of hydrogen-bond donors (Lipinski definition) is 0. The lowest BCUT2D eigenvalue weighted by atomic mass is 10.2. The molecule has 1 fully saturated rings. The fraction of sp³-hybridized carbons (Fsp3) is 0.750. The van der Waals surface area contributed by atoms with Gasteiger partial charge in [-0.25, -0.2) is 4.39 Å². The number of carbonyl (C=O) groups is 3. The molecule has 102 valence electrons. The van der Waals surface area contributed by atoms with Gasteiger partial charge in [0, 0.05) is 0 Å². The van der Waals surface area contributed by atoms with Crippen molar-refractivity contribution in [2.24, 2.45) is 0 Å². The number of nitrogens with zero attached hydrogens (tertiary/aromatic N) is 1. The molecule has 0 N–H and O–H groups in total. The number of ketones is 1. The molecule has 6 heteroatoms. The molecular weight excluding hydrogens is 241 g/mol. The normalized spacial score (nSPS) is 19.1. The predicted octanol–water partition coefficient (Wildman–Crippen LogP) is 0.859. The van der Waals surface area contributed by atoms with Crippen molar-refractivity contribution < 1.29 is 23.5 Å². The van der Waals surface area contributed by atoms with Gasteiger partial charge in [0.2, 0.25) is 5.91 Å². The van der Waals surface area contributed by atoms with Gasteiger partial charge in [0.15, 0.2) is 5.78 Å². The van der Waals surface area contributed by atoms with E-state index in [1.807, 2.05) is 6.92 Å². The molecule has 0 spiro atoms. The highest BCUT2D eigenvalue weighted by Gasteiger charge is 2.30. The van der Waals surface area contributed by atoms with Crippen LogP contribution in [0.15, 0.2) is 0 Å². The molecule has 0 aromatic heterocycles. The molecule has 0 radical (unpaired) electrons. The largest absolute Gasteiger partial charge is 0.465 e. The van der Waals surface area contributed by atoms with Crippen LogP contribution in [0.3, 0.4) is 0 Å². The van der Waals surface area contributed by atoms with Crippen molar-refractivity contribution in [2.45, 2.75) is 38.8 Å². The first-order chi connectivity index (χ1) is 8.52. The van der Waals surface area contributed by atoms with Crippen molar-refractivity contribution in [2.75, 3.05) is 19.7 Å². The first kappa shape index (κ1) is 14.6. The number of amides is 1. The molecule has 1 aliphatic heterocycles. The van der Waals surface area contributed by atoms with Gasteiger partial charge in [-0.15, -0.1) is 0 Å². The molecule has 1 atom stereocenters. The molecule has 1 aliphatic rings. The van der Waals surface area contributed by atoms with Gasteiger partial charge in [-0.2, -0.15) is 0 Å². The van der Waals surface area contributed by atoms with E-state index < -0.39 is 17.9 Å². The Balaban J connectivity index is 2.25. The number of rotatable bonds is 7. The average Bonchev–Trinajstić information content (AvgIpc) is 2.57. The first-order valence-corrected chi connectivity index (χ1v) is 6.12. The van der Waals surface area contributed by atoms with Gasteiger partial charge in [0.25, 0.3) is 0 Å². The lowest BCUT2D eigenvalue weighted by molar-refractivity contribution is -0.147. The maximum absolute atomic E-state index is 12.9. The Morgan fingerprint density at radius 3 is 2.78 bits per heavy atom. The fourth-order valence-corrected chi connectivity index (χ4v) is 1.69. The number of alkyl halides is 1. The number of ether oxygens (including phenoxy) is 1. The molecule has 1 unspecified atom stereocenters. The lowest BCUT2D eigenvalue weighted by Gasteiger charge is -2.13. The summed E-state index contributed by atoms with van der Waals surface area (Å²) < 4.78 is 17.7. The Hall–Kier alpha value is -1.46. The van der Waals surface area contributed by atoms with Gasteiger partial charge < -0.3 is 9.64 Å². The van der Waals surface area contributed by atoms with Crippen LogP contribution in [0.2, 0.25) is 0 Å². The molecule has 5 nitrogen and oxygen atoms in total. The molecule has 1 saturated heterocycles. The third-order valence-electron chi connectivity index (χ3n) is 2.64. The number of halogens is 1. The second-order valence-electron chi connectivity index (χ2n) is 4.37. The number of likely N-dealkylation sites (tertiary alicyclic amines) is 1. The van der Waals surface area contributed by atoms with Crippen molar-refractivity contribution in [1.82, 2.24) is 4.90 Å². The van der Waals surface area contributed by atoms with E-state index in [4.69, 9.17) is 4.74 Å². The van der Waals surface area contributed by atoms with Crippen LogP contribution in [-0.4, -0.2) is 48.4 Å². The molecule has 1 amide bonds. The Labute approximate surface area is 105 Å². The SMILES string of the molecule is CCCCOC(=O)CC(=O)CN1CC(F)CC1=O. The average molecular weight is 259 g/mol. The molecule has 1 rings (SSSR count). The molecule has 0 saturated carbocycles. The summed E-state index contributed by atoms with van der Waals surface area (Å²) in [6.45, 7) is 2.00. The third-order valence-corrected chi connectivity index (χ3v) is 2.64. The minimum absolute atomic E-state index is 0.0601. The minimum Gasteiger partial charge on any atom is -0.465 e. The van der Waals surface area contributed by atoms with E-state index in [0.29, 0.717) is 6.61 Å². The Kier molecular flexibility index (Phi) is 5.74. The highest BCUT2D eigenvalue weighted by Crippen LogP contribution is 2.13. The number of Topliss-reactive ketones (excluding diaryl/α,β-unsaturated/α-hetero) is 1. The highest BCUT2D eigenvalue weighted by atomic mass is 19.1. The van der Waals surface area contributed by atoms with E-state index in [1.54, 1.807) is 0 Å². The zero-order valence-electron chi connectivity index (χ0n) is 10.5. The summed E-state index contributed by atoms with van der Waals surface area (Å²) in [5.41, 5.74) is 0. The van der Waals surface area contributed by atoms with Crippen molar-refractivity contribution >= 4 is 17.7 Å². The van der Waals surface area contributed by atoms with Crippen LogP contribution < -0.4 is 0 Å². The summed E-state index contributed by atoms with van der Waals surface area (Å²) in [5.74, 6) is -1.38. The van der Waals surface area contributed by atoms with E-state index in [-0.39, 0.29) is 31.8 Å². The Bertz CT molecular complexity index is 332. The van der Waals surface area contributed by atoms with Crippen molar-refractivity contribution in [3.63, 3.8) is 0 Å². The van der Waals surface area contributed by atoms with Crippen molar-refractivity contribution in [3.05, 3.63) is 0 Å². The molecule has 1 heterocycles. The highest BCUT2D eigenvalue weighted by molar-refractivity contribution is 5.98. The maximum atomic E-state index is 12.9. The summed E-state index contributed by atoms with van der Waals surface area (Å²) in [7, 11) is 0. The number of carbonyl (C=O) groups excluding carboxylic acids is 3. The van der Waals surface area contributed by atoms with Gasteiger partial charge in [-0.3, -0.25) is 14.4 Å². The van der Waals surface area contributed by atoms with Crippen LogP contribution in [0.1, 0.15) is 32.6 Å². The van der Waals surface area contributed by atoms with Crippen LogP contribution in [0.4, 0.5) is 4.39 Å². The van der Waals surface area contributed by atoms with Gasteiger partial charge in [-0.1, -0.05) is 13.3 Å². The fourth-order valence-electron chi connectivity index (χ4n) is 1.69. The maximum Gasteiger partial charge on any atom is 0.313 e. The Morgan fingerprint density at radius 2 is 2.22 bits per heavy atom. The quantitative estimate of drug-likeness (QED) is 0.386. The second kappa shape index (κ2) is 7.08. The van der Waals surface area contributed by atoms with Crippen LogP contribution in [-0.2, 0) is 19.1 Å². The smallest absolute Gasteiger partial charge is 0.313 e. The zero-order valence-corrected chi connectivity index (χ0v) is 10.5. The summed E-state index contributed by atoms with van der Waals surface area (Å²) in [4.78, 5) is 35.1. The molecular formula is C12H18FNO4. The van der Waals surface area contributed by atoms with E-state index in [1.165, 1.54) is 0 Å².